The van der Waals surface area contributed by atoms with E-state index in [1.807, 2.05) is 6.07 Å². The number of nitrogens with one attached hydrogen (secondary N) is 1. The molecular weight excluding hydrogens is 212 g/mol. The van der Waals surface area contributed by atoms with Crippen molar-refractivity contribution in [2.45, 2.75) is 25.4 Å². The van der Waals surface area contributed by atoms with Gasteiger partial charge in [0.05, 0.1) is 0 Å². The monoisotopic (exact) mass is 228 g/mol. The lowest BCUT2D eigenvalue weighted by Gasteiger charge is -2.22. The van der Waals surface area contributed by atoms with Gasteiger partial charge in [0.2, 0.25) is 0 Å². The van der Waals surface area contributed by atoms with Crippen molar-refractivity contribution in [2.75, 3.05) is 17.2 Å². The summed E-state index contributed by atoms with van der Waals surface area (Å²) in [5.74, 6) is 2.59. The molecule has 0 aliphatic carbocycles. The Balaban J connectivity index is 1.79. The fraction of sp³-hybridized carbons (Fsp3) is 0.600. The van der Waals surface area contributed by atoms with E-state index in [2.05, 4.69) is 22.5 Å². The molecule has 3 N–H and O–H groups in total. The van der Waals surface area contributed by atoms with Crippen molar-refractivity contribution in [3.63, 3.8) is 0 Å². The molecule has 0 aromatic carbocycles. The molecule has 14 heavy (non-hydrogen) atoms. The number of thiophene rings is 1. The Labute approximate surface area is 93.3 Å². The van der Waals surface area contributed by atoms with Crippen molar-refractivity contribution in [1.82, 2.24) is 5.32 Å². The van der Waals surface area contributed by atoms with E-state index in [4.69, 9.17) is 5.73 Å². The summed E-state index contributed by atoms with van der Waals surface area (Å²) in [7, 11) is 0. The number of thioether (sulfide) groups is 1. The van der Waals surface area contributed by atoms with E-state index in [1.165, 1.54) is 29.2 Å². The summed E-state index contributed by atoms with van der Waals surface area (Å²) in [6.07, 6.45) is 2.67. The molecule has 4 heteroatoms. The number of nitrogens with two attached hydrogens (primary N) is 1. The van der Waals surface area contributed by atoms with Gasteiger partial charge < -0.3 is 11.1 Å². The van der Waals surface area contributed by atoms with E-state index in [0.29, 0.717) is 6.04 Å². The molecule has 1 unspecified atom stereocenters. The van der Waals surface area contributed by atoms with Crippen LogP contribution >= 0.6 is 23.1 Å². The highest BCUT2D eigenvalue weighted by Gasteiger charge is 2.13. The minimum Gasteiger partial charge on any atom is -0.398 e. The highest BCUT2D eigenvalue weighted by atomic mass is 32.2. The summed E-state index contributed by atoms with van der Waals surface area (Å²) in [6.45, 7) is 0.939. The zero-order chi connectivity index (χ0) is 9.80. The first-order valence-corrected chi connectivity index (χ1v) is 7.02. The number of hydrogen-bond donors (Lipinski definition) is 2. The van der Waals surface area contributed by atoms with Crippen LogP contribution in [-0.4, -0.2) is 17.5 Å². The fourth-order valence-corrected chi connectivity index (χ4v) is 3.49. The number of rotatable bonds is 3. The van der Waals surface area contributed by atoms with Crippen LogP contribution in [0.15, 0.2) is 11.4 Å². The summed E-state index contributed by atoms with van der Waals surface area (Å²) in [5, 5.41) is 5.63. The Morgan fingerprint density at radius 3 is 3.14 bits per heavy atom. The van der Waals surface area contributed by atoms with E-state index in [1.54, 1.807) is 11.3 Å². The normalized spacial score (nSPS) is 22.4. The number of anilines is 1. The molecule has 1 aliphatic heterocycles. The van der Waals surface area contributed by atoms with Gasteiger partial charge >= 0.3 is 0 Å². The molecule has 1 fully saturated rings. The van der Waals surface area contributed by atoms with Crippen molar-refractivity contribution in [1.29, 1.82) is 0 Å². The first-order valence-electron chi connectivity index (χ1n) is 4.99. The molecular formula is C10H16N2S2. The topological polar surface area (TPSA) is 38.0 Å². The summed E-state index contributed by atoms with van der Waals surface area (Å²) < 4.78 is 0. The first-order chi connectivity index (χ1) is 6.86. The largest absolute Gasteiger partial charge is 0.398 e. The van der Waals surface area contributed by atoms with Crippen LogP contribution < -0.4 is 11.1 Å². The van der Waals surface area contributed by atoms with Crippen LogP contribution in [0, 0.1) is 0 Å². The third-order valence-corrected chi connectivity index (χ3v) is 4.64. The van der Waals surface area contributed by atoms with Crippen molar-refractivity contribution in [3.05, 3.63) is 16.3 Å². The van der Waals surface area contributed by atoms with Crippen LogP contribution in [0.4, 0.5) is 5.69 Å². The van der Waals surface area contributed by atoms with E-state index in [9.17, 15) is 0 Å². The summed E-state index contributed by atoms with van der Waals surface area (Å²) in [5.41, 5.74) is 6.76. The van der Waals surface area contributed by atoms with Gasteiger partial charge in [0, 0.05) is 28.9 Å². The maximum absolute atomic E-state index is 5.82. The molecule has 1 aliphatic rings. The Morgan fingerprint density at radius 1 is 1.57 bits per heavy atom. The molecule has 0 bridgehead atoms. The molecule has 1 saturated heterocycles. The van der Waals surface area contributed by atoms with E-state index in [-0.39, 0.29) is 0 Å². The minimum atomic E-state index is 0.690. The standard InChI is InChI=1S/C10H16N2S2/c11-9-3-5-14-10(9)6-12-8-2-1-4-13-7-8/h3,5,8,12H,1-2,4,6-7,11H2. The average Bonchev–Trinajstić information content (AvgIpc) is 2.63. The van der Waals surface area contributed by atoms with Gasteiger partial charge in [-0.2, -0.15) is 11.8 Å². The van der Waals surface area contributed by atoms with Gasteiger partial charge in [0.15, 0.2) is 0 Å². The van der Waals surface area contributed by atoms with Crippen LogP contribution in [0.1, 0.15) is 17.7 Å². The highest BCUT2D eigenvalue weighted by Crippen LogP contribution is 2.21. The molecule has 0 amide bonds. The third kappa shape index (κ3) is 2.65. The molecule has 2 nitrogen and oxygen atoms in total. The molecule has 0 spiro atoms. The fourth-order valence-electron chi connectivity index (χ4n) is 1.63. The Morgan fingerprint density at radius 2 is 2.50 bits per heavy atom. The Kier molecular flexibility index (Phi) is 3.73. The average molecular weight is 228 g/mol. The lowest BCUT2D eigenvalue weighted by molar-refractivity contribution is 0.510. The lowest BCUT2D eigenvalue weighted by Crippen LogP contribution is -2.33. The molecule has 1 aromatic heterocycles. The second-order valence-corrected chi connectivity index (χ2v) is 5.74. The van der Waals surface area contributed by atoms with Gasteiger partial charge in [0.1, 0.15) is 0 Å². The lowest BCUT2D eigenvalue weighted by atomic mass is 10.2. The van der Waals surface area contributed by atoms with Crippen LogP contribution in [0.5, 0.6) is 0 Å². The van der Waals surface area contributed by atoms with Gasteiger partial charge in [-0.25, -0.2) is 0 Å². The van der Waals surface area contributed by atoms with Crippen molar-refractivity contribution in [2.24, 2.45) is 0 Å². The molecule has 78 valence electrons. The van der Waals surface area contributed by atoms with Crippen molar-refractivity contribution < 1.29 is 0 Å². The minimum absolute atomic E-state index is 0.690. The van der Waals surface area contributed by atoms with E-state index in [0.717, 1.165) is 12.2 Å². The summed E-state index contributed by atoms with van der Waals surface area (Å²) in [6, 6.07) is 2.67. The van der Waals surface area contributed by atoms with Gasteiger partial charge in [-0.05, 0) is 30.0 Å². The number of hydrogen-bond acceptors (Lipinski definition) is 4. The summed E-state index contributed by atoms with van der Waals surface area (Å²) >= 11 is 3.80. The van der Waals surface area contributed by atoms with Crippen molar-refractivity contribution >= 4 is 28.8 Å². The smallest absolute Gasteiger partial charge is 0.0468 e. The van der Waals surface area contributed by atoms with Gasteiger partial charge in [-0.1, -0.05) is 0 Å². The highest BCUT2D eigenvalue weighted by molar-refractivity contribution is 7.99. The Bertz CT molecular complexity index is 279. The molecule has 1 atom stereocenters. The second kappa shape index (κ2) is 5.05. The molecule has 0 saturated carbocycles. The van der Waals surface area contributed by atoms with Crippen LogP contribution in [0.3, 0.4) is 0 Å². The third-order valence-electron chi connectivity index (χ3n) is 2.49. The zero-order valence-corrected chi connectivity index (χ0v) is 9.79. The molecule has 2 rings (SSSR count). The zero-order valence-electron chi connectivity index (χ0n) is 8.16. The molecule has 0 radical (unpaired) electrons. The van der Waals surface area contributed by atoms with Gasteiger partial charge in [-0.3, -0.25) is 0 Å². The van der Waals surface area contributed by atoms with Crippen LogP contribution in [0.25, 0.3) is 0 Å². The number of nitrogen functional groups attached to an aromatic ring is 1. The maximum atomic E-state index is 5.82. The van der Waals surface area contributed by atoms with E-state index < -0.39 is 0 Å². The SMILES string of the molecule is Nc1ccsc1CNC1CCCSC1. The van der Waals surface area contributed by atoms with Crippen molar-refractivity contribution in [3.8, 4) is 0 Å². The predicted molar refractivity (Wildman–Crippen MR) is 65.9 cm³/mol. The quantitative estimate of drug-likeness (QED) is 0.834. The first kappa shape index (κ1) is 10.3. The van der Waals surface area contributed by atoms with Crippen LogP contribution in [-0.2, 0) is 6.54 Å². The molecule has 1 aromatic rings. The van der Waals surface area contributed by atoms with Gasteiger partial charge in [-0.15, -0.1) is 11.3 Å². The Hall–Kier alpha value is -0.190. The summed E-state index contributed by atoms with van der Waals surface area (Å²) in [4.78, 5) is 1.28. The predicted octanol–water partition coefficient (Wildman–Crippen LogP) is 2.32. The van der Waals surface area contributed by atoms with Gasteiger partial charge in [0.25, 0.3) is 0 Å². The molecule has 2 heterocycles. The second-order valence-electron chi connectivity index (χ2n) is 3.59. The van der Waals surface area contributed by atoms with Crippen LogP contribution in [0.2, 0.25) is 0 Å². The maximum Gasteiger partial charge on any atom is 0.0468 e. The van der Waals surface area contributed by atoms with E-state index >= 15 is 0 Å².